The molecule has 0 aliphatic carbocycles. The highest BCUT2D eigenvalue weighted by Gasteiger charge is 2.15. The van der Waals surface area contributed by atoms with Crippen molar-refractivity contribution in [2.45, 2.75) is 19.3 Å². The molecule has 0 aliphatic heterocycles. The van der Waals surface area contributed by atoms with Gasteiger partial charge in [0.25, 0.3) is 11.6 Å². The van der Waals surface area contributed by atoms with Crippen molar-refractivity contribution < 1.29 is 9.72 Å². The molecule has 0 saturated heterocycles. The van der Waals surface area contributed by atoms with Gasteiger partial charge in [0.15, 0.2) is 0 Å². The van der Waals surface area contributed by atoms with Gasteiger partial charge in [0, 0.05) is 18.2 Å². The predicted octanol–water partition coefficient (Wildman–Crippen LogP) is 4.00. The van der Waals surface area contributed by atoms with Crippen LogP contribution in [0.3, 0.4) is 0 Å². The van der Waals surface area contributed by atoms with Crippen LogP contribution in [-0.4, -0.2) is 17.4 Å². The van der Waals surface area contributed by atoms with E-state index >= 15 is 0 Å². The zero-order chi connectivity index (χ0) is 16.7. The molecule has 0 heterocycles. The molecule has 0 unspecified atom stereocenters. The molecule has 0 spiro atoms. The fourth-order valence-electron chi connectivity index (χ4n) is 2.20. The minimum Gasteiger partial charge on any atom is -0.352 e. The number of halogens is 1. The van der Waals surface area contributed by atoms with Crippen LogP contribution < -0.4 is 5.32 Å². The summed E-state index contributed by atoms with van der Waals surface area (Å²) in [5, 5.41) is 13.6. The minimum atomic E-state index is -0.598. The molecule has 1 amide bonds. The molecule has 5 nitrogen and oxygen atoms in total. The fourth-order valence-corrected chi connectivity index (χ4v) is 2.38. The molecule has 0 aromatic heterocycles. The summed E-state index contributed by atoms with van der Waals surface area (Å²) in [4.78, 5) is 22.2. The van der Waals surface area contributed by atoms with Gasteiger partial charge in [-0.1, -0.05) is 41.9 Å². The number of nitro groups is 1. The Morgan fingerprint density at radius 3 is 2.57 bits per heavy atom. The van der Waals surface area contributed by atoms with Gasteiger partial charge < -0.3 is 5.32 Å². The molecular weight excluding hydrogens is 316 g/mol. The minimum absolute atomic E-state index is 0.0226. The number of amides is 1. The molecule has 0 aliphatic rings. The van der Waals surface area contributed by atoms with Crippen LogP contribution in [0.1, 0.15) is 28.8 Å². The second kappa shape index (κ2) is 8.29. The second-order valence-corrected chi connectivity index (χ2v) is 5.53. The van der Waals surface area contributed by atoms with Crippen LogP contribution in [0, 0.1) is 10.1 Å². The Morgan fingerprint density at radius 1 is 1.13 bits per heavy atom. The molecule has 0 radical (unpaired) electrons. The summed E-state index contributed by atoms with van der Waals surface area (Å²) in [6, 6.07) is 14.2. The van der Waals surface area contributed by atoms with Crippen molar-refractivity contribution in [3.05, 3.63) is 74.8 Å². The molecule has 0 saturated carbocycles. The zero-order valence-electron chi connectivity index (χ0n) is 12.5. The van der Waals surface area contributed by atoms with E-state index in [9.17, 15) is 14.9 Å². The number of hydrogen-bond acceptors (Lipinski definition) is 3. The summed E-state index contributed by atoms with van der Waals surface area (Å²) in [7, 11) is 0. The van der Waals surface area contributed by atoms with E-state index in [0.717, 1.165) is 19.3 Å². The van der Waals surface area contributed by atoms with Gasteiger partial charge in [-0.2, -0.15) is 0 Å². The first-order valence-electron chi connectivity index (χ1n) is 7.34. The largest absolute Gasteiger partial charge is 0.352 e. The highest BCUT2D eigenvalue weighted by Crippen LogP contribution is 2.24. The van der Waals surface area contributed by atoms with Gasteiger partial charge in [-0.15, -0.1) is 0 Å². The summed E-state index contributed by atoms with van der Waals surface area (Å²) >= 11 is 5.73. The van der Waals surface area contributed by atoms with Crippen LogP contribution in [0.15, 0.2) is 48.5 Å². The number of benzene rings is 2. The first-order valence-corrected chi connectivity index (χ1v) is 7.72. The number of carbonyl (C=O) groups is 1. The van der Waals surface area contributed by atoms with Crippen LogP contribution in [0.25, 0.3) is 0 Å². The van der Waals surface area contributed by atoms with Gasteiger partial charge in [-0.3, -0.25) is 14.9 Å². The lowest BCUT2D eigenvalue weighted by molar-refractivity contribution is -0.384. The van der Waals surface area contributed by atoms with E-state index in [1.807, 2.05) is 18.2 Å². The summed E-state index contributed by atoms with van der Waals surface area (Å²) in [5.74, 6) is -0.329. The van der Waals surface area contributed by atoms with Crippen molar-refractivity contribution in [3.8, 4) is 0 Å². The van der Waals surface area contributed by atoms with Crippen molar-refractivity contribution in [2.75, 3.05) is 6.54 Å². The summed E-state index contributed by atoms with van der Waals surface area (Å²) in [5.41, 5.74) is 1.25. The van der Waals surface area contributed by atoms with Crippen molar-refractivity contribution in [3.63, 3.8) is 0 Å². The second-order valence-electron chi connectivity index (χ2n) is 5.12. The highest BCUT2D eigenvalue weighted by molar-refractivity contribution is 6.32. The zero-order valence-corrected chi connectivity index (χ0v) is 13.3. The van der Waals surface area contributed by atoms with Gasteiger partial charge in [0.2, 0.25) is 0 Å². The average Bonchev–Trinajstić information content (AvgIpc) is 2.55. The van der Waals surface area contributed by atoms with E-state index in [1.54, 1.807) is 0 Å². The van der Waals surface area contributed by atoms with E-state index in [-0.39, 0.29) is 22.2 Å². The summed E-state index contributed by atoms with van der Waals surface area (Å²) in [6.45, 7) is 0.530. The van der Waals surface area contributed by atoms with Crippen molar-refractivity contribution in [1.82, 2.24) is 5.32 Å². The molecular formula is C17H17ClN2O3. The highest BCUT2D eigenvalue weighted by atomic mass is 35.5. The van der Waals surface area contributed by atoms with E-state index < -0.39 is 4.92 Å². The number of hydrogen-bond donors (Lipinski definition) is 1. The molecule has 23 heavy (non-hydrogen) atoms. The molecule has 2 rings (SSSR count). The quantitative estimate of drug-likeness (QED) is 0.473. The summed E-state index contributed by atoms with van der Waals surface area (Å²) in [6.07, 6.45) is 2.77. The molecule has 120 valence electrons. The maximum atomic E-state index is 12.0. The van der Waals surface area contributed by atoms with Gasteiger partial charge in [-0.05, 0) is 37.0 Å². The summed E-state index contributed by atoms with van der Waals surface area (Å²) < 4.78 is 0. The lowest BCUT2D eigenvalue weighted by atomic mass is 10.1. The Labute approximate surface area is 139 Å². The first-order chi connectivity index (χ1) is 11.1. The predicted molar refractivity (Wildman–Crippen MR) is 89.8 cm³/mol. The number of unbranched alkanes of at least 4 members (excludes halogenated alkanes) is 1. The van der Waals surface area contributed by atoms with Crippen LogP contribution in [0.5, 0.6) is 0 Å². The topological polar surface area (TPSA) is 72.2 Å². The lowest BCUT2D eigenvalue weighted by Gasteiger charge is -2.06. The fraction of sp³-hybridized carbons (Fsp3) is 0.235. The van der Waals surface area contributed by atoms with E-state index in [1.165, 1.54) is 23.8 Å². The Morgan fingerprint density at radius 2 is 1.87 bits per heavy atom. The number of rotatable bonds is 7. The normalized spacial score (nSPS) is 10.3. The average molecular weight is 333 g/mol. The molecule has 2 aromatic carbocycles. The molecule has 0 fully saturated rings. The van der Waals surface area contributed by atoms with Crippen molar-refractivity contribution >= 4 is 23.2 Å². The Hall–Kier alpha value is -2.40. The van der Waals surface area contributed by atoms with Gasteiger partial charge in [-0.25, -0.2) is 0 Å². The standard InChI is InChI=1S/C17H17ClN2O3/c18-15-10-9-14(12-16(15)20(22)23)17(21)19-11-5-4-8-13-6-2-1-3-7-13/h1-3,6-7,9-10,12H,4-5,8,11H2,(H,19,21). The Kier molecular flexibility index (Phi) is 6.11. The van der Waals surface area contributed by atoms with Crippen LogP contribution in [0.4, 0.5) is 5.69 Å². The third kappa shape index (κ3) is 5.07. The molecule has 2 aromatic rings. The Balaban J connectivity index is 1.79. The van der Waals surface area contributed by atoms with E-state index in [4.69, 9.17) is 11.6 Å². The number of nitrogens with zero attached hydrogens (tertiary/aromatic N) is 1. The first kappa shape index (κ1) is 17.0. The third-order valence-electron chi connectivity index (χ3n) is 3.43. The lowest BCUT2D eigenvalue weighted by Crippen LogP contribution is -2.24. The maximum absolute atomic E-state index is 12.0. The number of nitrogens with one attached hydrogen (secondary N) is 1. The third-order valence-corrected chi connectivity index (χ3v) is 3.75. The molecule has 0 bridgehead atoms. The SMILES string of the molecule is O=C(NCCCCc1ccccc1)c1ccc(Cl)c([N+](=O)[O-])c1. The van der Waals surface area contributed by atoms with Crippen LogP contribution in [-0.2, 0) is 6.42 Å². The maximum Gasteiger partial charge on any atom is 0.288 e. The number of aryl methyl sites for hydroxylation is 1. The number of nitro benzene ring substituents is 1. The molecule has 0 atom stereocenters. The number of carbonyl (C=O) groups excluding carboxylic acids is 1. The monoisotopic (exact) mass is 332 g/mol. The smallest absolute Gasteiger partial charge is 0.288 e. The van der Waals surface area contributed by atoms with Crippen molar-refractivity contribution in [2.24, 2.45) is 0 Å². The molecule has 6 heteroatoms. The van der Waals surface area contributed by atoms with Crippen molar-refractivity contribution in [1.29, 1.82) is 0 Å². The van der Waals surface area contributed by atoms with Gasteiger partial charge in [0.1, 0.15) is 5.02 Å². The van der Waals surface area contributed by atoms with E-state index in [0.29, 0.717) is 6.54 Å². The van der Waals surface area contributed by atoms with Gasteiger partial charge in [0.05, 0.1) is 4.92 Å². The van der Waals surface area contributed by atoms with Crippen LogP contribution >= 0.6 is 11.6 Å². The molecule has 1 N–H and O–H groups in total. The van der Waals surface area contributed by atoms with Gasteiger partial charge >= 0.3 is 0 Å². The van der Waals surface area contributed by atoms with E-state index in [2.05, 4.69) is 17.4 Å². The van der Waals surface area contributed by atoms with Crippen LogP contribution in [0.2, 0.25) is 5.02 Å². The Bertz CT molecular complexity index is 689.